The van der Waals surface area contributed by atoms with Crippen LogP contribution in [0.4, 0.5) is 41.4 Å². The number of nitrogens with one attached hydrogen (secondary N) is 2. The summed E-state index contributed by atoms with van der Waals surface area (Å²) in [4.78, 5) is 25.4. The van der Waals surface area contributed by atoms with E-state index in [0.717, 1.165) is 6.42 Å². The molecule has 0 spiro atoms. The Kier molecular flexibility index (Phi) is 6.99. The molecule has 1 heterocycles. The first-order chi connectivity index (χ1) is 15.3. The third-order valence-corrected chi connectivity index (χ3v) is 6.47. The number of aryl methyl sites for hydroxylation is 1. The molecule has 4 nitrogen and oxygen atoms in total. The summed E-state index contributed by atoms with van der Waals surface area (Å²) in [7, 11) is 0. The van der Waals surface area contributed by atoms with Gasteiger partial charge in [-0.25, -0.2) is 0 Å². The van der Waals surface area contributed by atoms with Gasteiger partial charge in [0.15, 0.2) is 0 Å². The van der Waals surface area contributed by atoms with Crippen molar-refractivity contribution < 1.29 is 40.3 Å². The number of carbonyl (C=O) groups excluding carboxylic acids is 2. The monoisotopic (exact) mass is 516 g/mol. The van der Waals surface area contributed by atoms with Gasteiger partial charge in [-0.05, 0) is 55.5 Å². The van der Waals surface area contributed by atoms with Gasteiger partial charge in [0, 0.05) is 15.6 Å². The van der Waals surface area contributed by atoms with E-state index in [0.29, 0.717) is 52.5 Å². The molecule has 33 heavy (non-hydrogen) atoms. The highest BCUT2D eigenvalue weighted by atomic mass is 35.5. The van der Waals surface area contributed by atoms with E-state index in [9.17, 15) is 40.3 Å². The number of alkyl halides is 7. The molecule has 2 aromatic rings. The van der Waals surface area contributed by atoms with E-state index in [2.05, 4.69) is 5.32 Å². The van der Waals surface area contributed by atoms with Crippen molar-refractivity contribution in [1.29, 1.82) is 0 Å². The summed E-state index contributed by atoms with van der Waals surface area (Å²) in [6.07, 6.45) is -3.72. The number of hydrogen-bond donors (Lipinski definition) is 2. The molecule has 3 rings (SSSR count). The zero-order chi connectivity index (χ0) is 24.6. The maximum atomic E-state index is 13.9. The lowest BCUT2D eigenvalue weighted by Gasteiger charge is -2.27. The van der Waals surface area contributed by atoms with Crippen molar-refractivity contribution in [3.8, 4) is 0 Å². The maximum Gasteiger partial charge on any atom is 0.460 e. The third kappa shape index (κ3) is 4.96. The van der Waals surface area contributed by atoms with Gasteiger partial charge in [0.2, 0.25) is 0 Å². The largest absolute Gasteiger partial charge is 0.460 e. The highest BCUT2D eigenvalue weighted by Gasteiger charge is 2.76. The number of fused-ring (bicyclic) bond motifs is 1. The summed E-state index contributed by atoms with van der Waals surface area (Å²) in [6.45, 7) is 0. The summed E-state index contributed by atoms with van der Waals surface area (Å²) in [6, 6.07) is 5.82. The van der Waals surface area contributed by atoms with Gasteiger partial charge in [0.1, 0.15) is 5.00 Å². The number of benzene rings is 1. The van der Waals surface area contributed by atoms with E-state index in [1.54, 1.807) is 0 Å². The molecule has 0 saturated carbocycles. The number of carbonyl (C=O) groups is 2. The van der Waals surface area contributed by atoms with E-state index in [-0.39, 0.29) is 11.3 Å². The Hall–Kier alpha value is -2.34. The van der Waals surface area contributed by atoms with Crippen LogP contribution in [0, 0.1) is 0 Å². The average Bonchev–Trinajstić information content (AvgIpc) is 2.89. The van der Waals surface area contributed by atoms with Crippen LogP contribution in [0.5, 0.6) is 0 Å². The van der Waals surface area contributed by atoms with Crippen LogP contribution < -0.4 is 10.6 Å². The molecule has 2 amide bonds. The van der Waals surface area contributed by atoms with Gasteiger partial charge in [0.05, 0.1) is 5.56 Å². The molecule has 0 aliphatic heterocycles. The molecule has 1 aliphatic rings. The van der Waals surface area contributed by atoms with Crippen LogP contribution in [0.2, 0.25) is 5.02 Å². The number of halogens is 8. The van der Waals surface area contributed by atoms with Crippen LogP contribution in [0.3, 0.4) is 0 Å². The first-order valence-corrected chi connectivity index (χ1v) is 10.8. The molecule has 180 valence electrons. The Balaban J connectivity index is 1.97. The zero-order valence-electron chi connectivity index (χ0n) is 16.6. The Morgan fingerprint density at radius 1 is 0.879 bits per heavy atom. The van der Waals surface area contributed by atoms with Crippen molar-refractivity contribution in [2.24, 2.45) is 0 Å². The smallest absolute Gasteiger partial charge is 0.322 e. The van der Waals surface area contributed by atoms with Crippen LogP contribution in [-0.4, -0.2) is 29.8 Å². The number of hydrogen-bond acceptors (Lipinski definition) is 3. The SMILES string of the molecule is O=C(Nc1ccc(Cl)cc1)c1c(NC(=O)C(F)(F)C(F)(F)C(F)(F)F)sc2c1CCCCC2. The van der Waals surface area contributed by atoms with Crippen molar-refractivity contribution in [2.45, 2.75) is 50.1 Å². The molecule has 1 aliphatic carbocycles. The molecular weight excluding hydrogens is 501 g/mol. The molecular formula is C20H16ClF7N2O2S. The maximum absolute atomic E-state index is 13.9. The minimum Gasteiger partial charge on any atom is -0.322 e. The van der Waals surface area contributed by atoms with Gasteiger partial charge < -0.3 is 10.6 Å². The first-order valence-electron chi connectivity index (χ1n) is 9.61. The molecule has 0 radical (unpaired) electrons. The predicted octanol–water partition coefficient (Wildman–Crippen LogP) is 6.69. The standard InChI is InChI=1S/C20H16ClF7N2O2S/c21-10-6-8-11(9-7-10)29-15(31)14-12-4-2-1-3-5-13(12)33-16(14)30-17(32)18(22,23)19(24,25)20(26,27)28/h6-9H,1-5H2,(H,29,31)(H,30,32). The van der Waals surface area contributed by atoms with Gasteiger partial charge in [-0.15, -0.1) is 11.3 Å². The zero-order valence-corrected chi connectivity index (χ0v) is 18.2. The van der Waals surface area contributed by atoms with Gasteiger partial charge in [-0.1, -0.05) is 18.0 Å². The van der Waals surface area contributed by atoms with Crippen molar-refractivity contribution >= 4 is 45.4 Å². The molecule has 0 fully saturated rings. The van der Waals surface area contributed by atoms with Crippen LogP contribution in [0.1, 0.15) is 40.1 Å². The fourth-order valence-electron chi connectivity index (χ4n) is 3.30. The Morgan fingerprint density at radius 2 is 1.48 bits per heavy atom. The molecule has 0 saturated heterocycles. The van der Waals surface area contributed by atoms with Gasteiger partial charge >= 0.3 is 23.9 Å². The van der Waals surface area contributed by atoms with Crippen molar-refractivity contribution in [1.82, 2.24) is 0 Å². The number of rotatable bonds is 5. The molecule has 13 heteroatoms. The lowest BCUT2D eigenvalue weighted by molar-refractivity contribution is -0.343. The van der Waals surface area contributed by atoms with E-state index in [4.69, 9.17) is 11.6 Å². The topological polar surface area (TPSA) is 58.2 Å². The van der Waals surface area contributed by atoms with Crippen molar-refractivity contribution in [3.05, 3.63) is 45.3 Å². The van der Waals surface area contributed by atoms with Crippen LogP contribution in [-0.2, 0) is 17.6 Å². The fourth-order valence-corrected chi connectivity index (χ4v) is 4.71. The van der Waals surface area contributed by atoms with Gasteiger partial charge in [-0.3, -0.25) is 9.59 Å². The van der Waals surface area contributed by atoms with E-state index in [1.807, 2.05) is 0 Å². The fraction of sp³-hybridized carbons (Fsp3) is 0.400. The molecule has 1 aromatic heterocycles. The Morgan fingerprint density at radius 3 is 2.09 bits per heavy atom. The predicted molar refractivity (Wildman–Crippen MR) is 110 cm³/mol. The molecule has 0 bridgehead atoms. The van der Waals surface area contributed by atoms with Crippen LogP contribution in [0.15, 0.2) is 24.3 Å². The Bertz CT molecular complexity index is 1050. The summed E-state index contributed by atoms with van der Waals surface area (Å²) < 4.78 is 91.7. The molecule has 0 atom stereocenters. The van der Waals surface area contributed by atoms with Gasteiger partial charge in [0.25, 0.3) is 5.91 Å². The molecule has 0 unspecified atom stereocenters. The lowest BCUT2D eigenvalue weighted by Crippen LogP contribution is -2.57. The van der Waals surface area contributed by atoms with E-state index in [1.165, 1.54) is 29.6 Å². The van der Waals surface area contributed by atoms with E-state index >= 15 is 0 Å². The second kappa shape index (κ2) is 9.13. The summed E-state index contributed by atoms with van der Waals surface area (Å²) >= 11 is 6.49. The van der Waals surface area contributed by atoms with Crippen molar-refractivity contribution in [2.75, 3.05) is 10.6 Å². The lowest BCUT2D eigenvalue weighted by atomic mass is 10.0. The molecule has 2 N–H and O–H groups in total. The second-order valence-electron chi connectivity index (χ2n) is 7.33. The number of anilines is 2. The normalized spacial score (nSPS) is 14.9. The average molecular weight is 517 g/mol. The second-order valence-corrected chi connectivity index (χ2v) is 8.87. The van der Waals surface area contributed by atoms with E-state index < -0.39 is 34.8 Å². The quantitative estimate of drug-likeness (QED) is 0.343. The number of amides is 2. The third-order valence-electron chi connectivity index (χ3n) is 5.01. The minimum atomic E-state index is -6.66. The molecule has 1 aromatic carbocycles. The van der Waals surface area contributed by atoms with Crippen molar-refractivity contribution in [3.63, 3.8) is 0 Å². The van der Waals surface area contributed by atoms with Crippen LogP contribution in [0.25, 0.3) is 0 Å². The number of thiophene rings is 1. The summed E-state index contributed by atoms with van der Waals surface area (Å²) in [5.74, 6) is -16.4. The highest BCUT2D eigenvalue weighted by Crippen LogP contribution is 2.47. The van der Waals surface area contributed by atoms with Gasteiger partial charge in [-0.2, -0.15) is 30.7 Å². The first kappa shape index (κ1) is 25.3. The highest BCUT2D eigenvalue weighted by molar-refractivity contribution is 7.17. The summed E-state index contributed by atoms with van der Waals surface area (Å²) in [5.41, 5.74) is 0.459. The summed E-state index contributed by atoms with van der Waals surface area (Å²) in [5, 5.41) is 3.80. The minimum absolute atomic E-state index is 0.244. The van der Waals surface area contributed by atoms with Crippen LogP contribution >= 0.6 is 22.9 Å². The Labute approximate surface area is 192 Å².